The van der Waals surface area contributed by atoms with Gasteiger partial charge in [-0.3, -0.25) is 0 Å². The Hall–Kier alpha value is -2.42. The van der Waals surface area contributed by atoms with Crippen LogP contribution in [-0.4, -0.2) is 48.2 Å². The van der Waals surface area contributed by atoms with Crippen molar-refractivity contribution in [3.05, 3.63) is 24.0 Å². The maximum Gasteiger partial charge on any atom is 0.354 e. The third kappa shape index (κ3) is 3.37. The number of carbonyl (C=O) groups is 2. The number of ether oxygens (including phenoxy) is 1. The van der Waals surface area contributed by atoms with Crippen LogP contribution in [0.25, 0.3) is 0 Å². The second kappa shape index (κ2) is 6.84. The molecule has 1 fully saturated rings. The molecule has 0 aromatic carbocycles. The van der Waals surface area contributed by atoms with Gasteiger partial charge in [0.1, 0.15) is 5.69 Å². The standard InChI is InChI=1S/C15H19N3O3/c1-3-8-16-15(20)17-10-6-12(7-11-17)18-9-4-5-13(18)14(19)21-2/h1,4-5,9,12H,6-8,10-11H2,2H3,(H,16,20). The summed E-state index contributed by atoms with van der Waals surface area (Å²) in [7, 11) is 1.37. The number of nitrogens with zero attached hydrogens (tertiary/aromatic N) is 2. The van der Waals surface area contributed by atoms with E-state index in [4.69, 9.17) is 11.2 Å². The zero-order chi connectivity index (χ0) is 15.2. The normalized spacial score (nSPS) is 15.3. The number of nitrogens with one attached hydrogen (secondary N) is 1. The zero-order valence-corrected chi connectivity index (χ0v) is 12.0. The lowest BCUT2D eigenvalue weighted by Gasteiger charge is -2.33. The van der Waals surface area contributed by atoms with Gasteiger partial charge in [-0.15, -0.1) is 6.42 Å². The fourth-order valence-electron chi connectivity index (χ4n) is 2.58. The fourth-order valence-corrected chi connectivity index (χ4v) is 2.58. The van der Waals surface area contributed by atoms with E-state index in [1.54, 1.807) is 11.0 Å². The second-order valence-corrected chi connectivity index (χ2v) is 4.87. The van der Waals surface area contributed by atoms with Gasteiger partial charge in [-0.05, 0) is 25.0 Å². The van der Waals surface area contributed by atoms with Gasteiger partial charge in [-0.2, -0.15) is 0 Å². The first-order valence-electron chi connectivity index (χ1n) is 6.88. The first-order chi connectivity index (χ1) is 10.2. The summed E-state index contributed by atoms with van der Waals surface area (Å²) in [6.45, 7) is 1.52. The third-order valence-electron chi connectivity index (χ3n) is 3.66. The smallest absolute Gasteiger partial charge is 0.354 e. The second-order valence-electron chi connectivity index (χ2n) is 4.87. The van der Waals surface area contributed by atoms with Crippen LogP contribution >= 0.6 is 0 Å². The first-order valence-corrected chi connectivity index (χ1v) is 6.88. The van der Waals surface area contributed by atoms with Gasteiger partial charge in [0, 0.05) is 25.3 Å². The molecule has 2 amide bonds. The molecular formula is C15H19N3O3. The van der Waals surface area contributed by atoms with Crippen LogP contribution in [-0.2, 0) is 4.74 Å². The number of rotatable bonds is 3. The van der Waals surface area contributed by atoms with E-state index >= 15 is 0 Å². The average molecular weight is 289 g/mol. The average Bonchev–Trinajstić information content (AvgIpc) is 3.01. The van der Waals surface area contributed by atoms with Crippen molar-refractivity contribution in [3.63, 3.8) is 0 Å². The number of piperidine rings is 1. The van der Waals surface area contributed by atoms with Crippen LogP contribution in [0.2, 0.25) is 0 Å². The van der Waals surface area contributed by atoms with Crippen molar-refractivity contribution >= 4 is 12.0 Å². The van der Waals surface area contributed by atoms with E-state index in [2.05, 4.69) is 11.2 Å². The Bertz CT molecular complexity index is 551. The van der Waals surface area contributed by atoms with E-state index in [0.717, 1.165) is 12.8 Å². The Labute approximate surface area is 124 Å². The molecule has 1 saturated heterocycles. The Kier molecular flexibility index (Phi) is 4.88. The quantitative estimate of drug-likeness (QED) is 0.673. The molecule has 1 aliphatic rings. The lowest BCUT2D eigenvalue weighted by Crippen LogP contribution is -2.45. The molecule has 0 spiro atoms. The molecule has 1 N–H and O–H groups in total. The number of hydrogen-bond donors (Lipinski definition) is 1. The molecule has 6 nitrogen and oxygen atoms in total. The Balaban J connectivity index is 1.96. The number of methoxy groups -OCH3 is 1. The molecule has 1 aliphatic heterocycles. The number of likely N-dealkylation sites (tertiary alicyclic amines) is 1. The molecular weight excluding hydrogens is 270 g/mol. The third-order valence-corrected chi connectivity index (χ3v) is 3.66. The highest BCUT2D eigenvalue weighted by Crippen LogP contribution is 2.24. The molecule has 21 heavy (non-hydrogen) atoms. The van der Waals surface area contributed by atoms with Gasteiger partial charge in [0.15, 0.2) is 0 Å². The largest absolute Gasteiger partial charge is 0.464 e. The van der Waals surface area contributed by atoms with Crippen molar-refractivity contribution in [1.29, 1.82) is 0 Å². The molecule has 112 valence electrons. The number of amides is 2. The first kappa shape index (κ1) is 15.0. The summed E-state index contributed by atoms with van der Waals surface area (Å²) in [4.78, 5) is 25.2. The van der Waals surface area contributed by atoms with Crippen LogP contribution < -0.4 is 5.32 Å². The van der Waals surface area contributed by atoms with Gasteiger partial charge >= 0.3 is 12.0 Å². The summed E-state index contributed by atoms with van der Waals surface area (Å²) in [5, 5.41) is 2.66. The Morgan fingerprint density at radius 1 is 1.48 bits per heavy atom. The number of terminal acetylenes is 1. The summed E-state index contributed by atoms with van der Waals surface area (Å²) in [5.41, 5.74) is 0.549. The van der Waals surface area contributed by atoms with E-state index in [9.17, 15) is 9.59 Å². The fraction of sp³-hybridized carbons (Fsp3) is 0.467. The highest BCUT2D eigenvalue weighted by Gasteiger charge is 2.25. The van der Waals surface area contributed by atoms with Crippen molar-refractivity contribution in [2.24, 2.45) is 0 Å². The minimum absolute atomic E-state index is 0.132. The SMILES string of the molecule is C#CCNC(=O)N1CCC(n2cccc2C(=O)OC)CC1. The lowest BCUT2D eigenvalue weighted by molar-refractivity contribution is 0.0582. The van der Waals surface area contributed by atoms with Crippen LogP contribution in [0.5, 0.6) is 0 Å². The summed E-state index contributed by atoms with van der Waals surface area (Å²) < 4.78 is 6.71. The van der Waals surface area contributed by atoms with E-state index in [1.807, 2.05) is 16.8 Å². The van der Waals surface area contributed by atoms with E-state index < -0.39 is 0 Å². The summed E-state index contributed by atoms with van der Waals surface area (Å²) in [6, 6.07) is 3.65. The van der Waals surface area contributed by atoms with Crippen molar-refractivity contribution < 1.29 is 14.3 Å². The molecule has 1 aromatic heterocycles. The van der Waals surface area contributed by atoms with Crippen molar-refractivity contribution in [3.8, 4) is 12.3 Å². The molecule has 6 heteroatoms. The van der Waals surface area contributed by atoms with Crippen molar-refractivity contribution in [2.75, 3.05) is 26.7 Å². The maximum atomic E-state index is 11.8. The molecule has 0 saturated carbocycles. The molecule has 2 rings (SSSR count). The summed E-state index contributed by atoms with van der Waals surface area (Å²) in [5.74, 6) is 2.04. The minimum Gasteiger partial charge on any atom is -0.464 e. The summed E-state index contributed by atoms with van der Waals surface area (Å²) in [6.07, 6.45) is 8.59. The number of carbonyl (C=O) groups excluding carboxylic acids is 2. The number of urea groups is 1. The topological polar surface area (TPSA) is 63.6 Å². The van der Waals surface area contributed by atoms with Crippen LogP contribution in [0.1, 0.15) is 29.4 Å². The van der Waals surface area contributed by atoms with Gasteiger partial charge in [0.25, 0.3) is 0 Å². The molecule has 0 bridgehead atoms. The molecule has 0 atom stereocenters. The van der Waals surface area contributed by atoms with Gasteiger partial charge in [-0.25, -0.2) is 9.59 Å². The molecule has 0 radical (unpaired) electrons. The van der Waals surface area contributed by atoms with Gasteiger partial charge in [0.05, 0.1) is 13.7 Å². The van der Waals surface area contributed by atoms with Crippen molar-refractivity contribution in [2.45, 2.75) is 18.9 Å². The van der Waals surface area contributed by atoms with Crippen LogP contribution in [0.3, 0.4) is 0 Å². The van der Waals surface area contributed by atoms with Gasteiger partial charge in [-0.1, -0.05) is 5.92 Å². The molecule has 0 unspecified atom stereocenters. The highest BCUT2D eigenvalue weighted by atomic mass is 16.5. The zero-order valence-electron chi connectivity index (χ0n) is 12.0. The van der Waals surface area contributed by atoms with Gasteiger partial charge < -0.3 is 19.5 Å². The summed E-state index contributed by atoms with van der Waals surface area (Å²) >= 11 is 0. The molecule has 1 aromatic rings. The van der Waals surface area contributed by atoms with Crippen LogP contribution in [0, 0.1) is 12.3 Å². The molecule has 0 aliphatic carbocycles. The maximum absolute atomic E-state index is 11.8. The predicted octanol–water partition coefficient (Wildman–Crippen LogP) is 1.25. The highest BCUT2D eigenvalue weighted by molar-refractivity contribution is 5.87. The van der Waals surface area contributed by atoms with Gasteiger partial charge in [0.2, 0.25) is 0 Å². The van der Waals surface area contributed by atoms with Crippen molar-refractivity contribution in [1.82, 2.24) is 14.8 Å². The number of esters is 1. The minimum atomic E-state index is -0.339. The van der Waals surface area contributed by atoms with E-state index in [1.165, 1.54) is 7.11 Å². The van der Waals surface area contributed by atoms with Crippen LogP contribution in [0.15, 0.2) is 18.3 Å². The monoisotopic (exact) mass is 289 g/mol. The number of hydrogen-bond acceptors (Lipinski definition) is 3. The number of aromatic nitrogens is 1. The molecule has 2 heterocycles. The Morgan fingerprint density at radius 2 is 2.19 bits per heavy atom. The Morgan fingerprint density at radius 3 is 2.81 bits per heavy atom. The van der Waals surface area contributed by atoms with E-state index in [0.29, 0.717) is 18.8 Å². The van der Waals surface area contributed by atoms with E-state index in [-0.39, 0.29) is 24.6 Å². The lowest BCUT2D eigenvalue weighted by atomic mass is 10.0. The predicted molar refractivity (Wildman–Crippen MR) is 77.8 cm³/mol. The van der Waals surface area contributed by atoms with Crippen LogP contribution in [0.4, 0.5) is 4.79 Å².